The number of thioether (sulfide) groups is 1. The molecular weight excluding hydrogens is 300 g/mol. The second kappa shape index (κ2) is 7.07. The molecule has 0 bridgehead atoms. The summed E-state index contributed by atoms with van der Waals surface area (Å²) in [6.07, 6.45) is 0.433. The molecule has 0 aliphatic rings. The molecule has 0 saturated heterocycles. The zero-order valence-electron chi connectivity index (χ0n) is 10.7. The second-order valence-corrected chi connectivity index (χ2v) is 6.04. The van der Waals surface area contributed by atoms with Gasteiger partial charge in [-0.3, -0.25) is 0 Å². The molecule has 2 aromatic carbocycles. The van der Waals surface area contributed by atoms with Crippen LogP contribution in [0, 0.1) is 11.6 Å². The summed E-state index contributed by atoms with van der Waals surface area (Å²) in [4.78, 5) is 1.03. The average Bonchev–Trinajstić information content (AvgIpc) is 2.35. The molecule has 0 spiro atoms. The quantitative estimate of drug-likeness (QED) is 0.834. The van der Waals surface area contributed by atoms with Gasteiger partial charge < -0.3 is 5.73 Å². The van der Waals surface area contributed by atoms with Crippen molar-refractivity contribution in [2.75, 3.05) is 5.75 Å². The van der Waals surface area contributed by atoms with Gasteiger partial charge >= 0.3 is 0 Å². The van der Waals surface area contributed by atoms with Crippen molar-refractivity contribution < 1.29 is 8.78 Å². The number of halogens is 3. The van der Waals surface area contributed by atoms with Gasteiger partial charge in [0.15, 0.2) is 0 Å². The van der Waals surface area contributed by atoms with Crippen molar-refractivity contribution in [3.05, 3.63) is 64.7 Å². The third-order valence-corrected chi connectivity index (χ3v) is 4.10. The highest BCUT2D eigenvalue weighted by Gasteiger charge is 2.08. The van der Waals surface area contributed by atoms with Crippen LogP contribution in [0.5, 0.6) is 0 Å². The summed E-state index contributed by atoms with van der Waals surface area (Å²) in [6, 6.07) is 10.8. The van der Waals surface area contributed by atoms with Gasteiger partial charge in [0.1, 0.15) is 11.6 Å². The molecule has 20 heavy (non-hydrogen) atoms. The standard InChI is InChI=1S/C15H14ClF2NS/c16-11-2-1-3-15(7-11)20-9-14(19)6-10-4-12(17)8-13(18)5-10/h1-5,7-8,14H,6,9,19H2. The molecule has 0 amide bonds. The van der Waals surface area contributed by atoms with Crippen molar-refractivity contribution in [2.24, 2.45) is 5.73 Å². The van der Waals surface area contributed by atoms with Gasteiger partial charge in [0, 0.05) is 27.8 Å². The maximum atomic E-state index is 13.1. The van der Waals surface area contributed by atoms with Gasteiger partial charge in [0.2, 0.25) is 0 Å². The molecule has 5 heteroatoms. The van der Waals surface area contributed by atoms with Crippen LogP contribution in [-0.4, -0.2) is 11.8 Å². The van der Waals surface area contributed by atoms with Crippen molar-refractivity contribution in [1.29, 1.82) is 0 Å². The van der Waals surface area contributed by atoms with Crippen LogP contribution in [0.2, 0.25) is 5.02 Å². The van der Waals surface area contributed by atoms with Gasteiger partial charge in [0.05, 0.1) is 0 Å². The Kier molecular flexibility index (Phi) is 5.40. The molecule has 0 heterocycles. The maximum absolute atomic E-state index is 13.1. The van der Waals surface area contributed by atoms with Gasteiger partial charge in [-0.25, -0.2) is 8.78 Å². The predicted octanol–water partition coefficient (Wildman–Crippen LogP) is 4.28. The fourth-order valence-electron chi connectivity index (χ4n) is 1.85. The third kappa shape index (κ3) is 4.78. The number of nitrogens with two attached hydrogens (primary N) is 1. The highest BCUT2D eigenvalue weighted by atomic mass is 35.5. The molecule has 2 N–H and O–H groups in total. The maximum Gasteiger partial charge on any atom is 0.126 e. The molecule has 0 aliphatic carbocycles. The minimum atomic E-state index is -0.574. The molecule has 0 fully saturated rings. The lowest BCUT2D eigenvalue weighted by molar-refractivity contribution is 0.577. The highest BCUT2D eigenvalue weighted by Crippen LogP contribution is 2.22. The van der Waals surface area contributed by atoms with Gasteiger partial charge in [-0.1, -0.05) is 17.7 Å². The first-order chi connectivity index (χ1) is 9.52. The van der Waals surface area contributed by atoms with E-state index in [9.17, 15) is 8.78 Å². The number of rotatable bonds is 5. The van der Waals surface area contributed by atoms with Crippen LogP contribution in [0.25, 0.3) is 0 Å². The van der Waals surface area contributed by atoms with Gasteiger partial charge in [-0.05, 0) is 42.3 Å². The summed E-state index contributed by atoms with van der Waals surface area (Å²) in [5.74, 6) is -0.497. The van der Waals surface area contributed by atoms with Crippen molar-refractivity contribution in [2.45, 2.75) is 17.4 Å². The molecule has 0 radical (unpaired) electrons. The molecule has 2 aromatic rings. The fraction of sp³-hybridized carbons (Fsp3) is 0.200. The van der Waals surface area contributed by atoms with Crippen LogP contribution in [0.4, 0.5) is 8.78 Å². The fourth-order valence-corrected chi connectivity index (χ4v) is 3.01. The van der Waals surface area contributed by atoms with Crippen LogP contribution in [0.3, 0.4) is 0 Å². The molecule has 1 atom stereocenters. The van der Waals surface area contributed by atoms with Crippen LogP contribution in [0.1, 0.15) is 5.56 Å². The first-order valence-corrected chi connectivity index (χ1v) is 7.48. The monoisotopic (exact) mass is 313 g/mol. The zero-order chi connectivity index (χ0) is 14.5. The summed E-state index contributed by atoms with van der Waals surface area (Å²) in [7, 11) is 0. The summed E-state index contributed by atoms with van der Waals surface area (Å²) in [6.45, 7) is 0. The van der Waals surface area contributed by atoms with E-state index in [4.69, 9.17) is 17.3 Å². The summed E-state index contributed by atoms with van der Waals surface area (Å²) >= 11 is 7.47. The lowest BCUT2D eigenvalue weighted by Crippen LogP contribution is -2.25. The van der Waals surface area contributed by atoms with E-state index in [0.717, 1.165) is 11.0 Å². The average molecular weight is 314 g/mol. The van der Waals surface area contributed by atoms with Crippen LogP contribution in [0.15, 0.2) is 47.4 Å². The Morgan fingerprint density at radius 1 is 1.10 bits per heavy atom. The zero-order valence-corrected chi connectivity index (χ0v) is 12.2. The molecule has 0 saturated carbocycles. The smallest absolute Gasteiger partial charge is 0.126 e. The SMILES string of the molecule is NC(CSc1cccc(Cl)c1)Cc1cc(F)cc(F)c1. The Morgan fingerprint density at radius 2 is 1.80 bits per heavy atom. The Bertz CT molecular complexity index is 572. The van der Waals surface area contributed by atoms with E-state index < -0.39 is 11.6 Å². The number of hydrogen-bond donors (Lipinski definition) is 1. The van der Waals surface area contributed by atoms with E-state index in [1.165, 1.54) is 12.1 Å². The lowest BCUT2D eigenvalue weighted by atomic mass is 10.1. The van der Waals surface area contributed by atoms with Crippen molar-refractivity contribution >= 4 is 23.4 Å². The Labute approximate surface area is 126 Å². The minimum Gasteiger partial charge on any atom is -0.327 e. The van der Waals surface area contributed by atoms with Crippen molar-refractivity contribution in [3.63, 3.8) is 0 Å². The molecule has 2 rings (SSSR count). The Hall–Kier alpha value is -1.10. The first-order valence-electron chi connectivity index (χ1n) is 6.12. The summed E-state index contributed by atoms with van der Waals surface area (Å²) in [5, 5.41) is 0.677. The normalized spacial score (nSPS) is 12.4. The minimum absolute atomic E-state index is 0.180. The Balaban J connectivity index is 1.90. The molecule has 1 nitrogen and oxygen atoms in total. The molecule has 1 unspecified atom stereocenters. The first kappa shape index (κ1) is 15.3. The number of benzene rings is 2. The van der Waals surface area contributed by atoms with E-state index in [2.05, 4.69) is 0 Å². The van der Waals surface area contributed by atoms with E-state index in [1.54, 1.807) is 17.8 Å². The second-order valence-electron chi connectivity index (χ2n) is 4.51. The van der Waals surface area contributed by atoms with Crippen molar-refractivity contribution in [3.8, 4) is 0 Å². The van der Waals surface area contributed by atoms with E-state index >= 15 is 0 Å². The van der Waals surface area contributed by atoms with Crippen LogP contribution >= 0.6 is 23.4 Å². The molecular formula is C15H14ClF2NS. The largest absolute Gasteiger partial charge is 0.327 e. The van der Waals surface area contributed by atoms with Gasteiger partial charge in [-0.2, -0.15) is 0 Å². The topological polar surface area (TPSA) is 26.0 Å². The van der Waals surface area contributed by atoms with Gasteiger partial charge in [0.25, 0.3) is 0 Å². The number of hydrogen-bond acceptors (Lipinski definition) is 2. The molecule has 0 aliphatic heterocycles. The van der Waals surface area contributed by atoms with E-state index in [-0.39, 0.29) is 6.04 Å². The van der Waals surface area contributed by atoms with E-state index in [0.29, 0.717) is 22.8 Å². The van der Waals surface area contributed by atoms with Crippen molar-refractivity contribution in [1.82, 2.24) is 0 Å². The highest BCUT2D eigenvalue weighted by molar-refractivity contribution is 7.99. The predicted molar refractivity (Wildman–Crippen MR) is 80.2 cm³/mol. The van der Waals surface area contributed by atoms with Gasteiger partial charge in [-0.15, -0.1) is 11.8 Å². The third-order valence-electron chi connectivity index (χ3n) is 2.68. The Morgan fingerprint density at radius 3 is 2.45 bits per heavy atom. The lowest BCUT2D eigenvalue weighted by Gasteiger charge is -2.11. The summed E-state index contributed by atoms with van der Waals surface area (Å²) < 4.78 is 26.1. The van der Waals surface area contributed by atoms with Crippen LogP contribution < -0.4 is 5.73 Å². The molecule has 0 aromatic heterocycles. The summed E-state index contributed by atoms with van der Waals surface area (Å²) in [5.41, 5.74) is 6.56. The van der Waals surface area contributed by atoms with Crippen LogP contribution in [-0.2, 0) is 6.42 Å². The molecule has 106 valence electrons. The van der Waals surface area contributed by atoms with E-state index in [1.807, 2.05) is 18.2 Å².